The van der Waals surface area contributed by atoms with Crippen molar-refractivity contribution in [2.45, 2.75) is 19.4 Å². The highest BCUT2D eigenvalue weighted by Gasteiger charge is 2.05. The average molecular weight is 293 g/mol. The van der Waals surface area contributed by atoms with Gasteiger partial charge in [-0.15, -0.1) is 0 Å². The van der Waals surface area contributed by atoms with E-state index in [1.54, 1.807) is 12.3 Å². The van der Waals surface area contributed by atoms with E-state index in [1.807, 2.05) is 18.2 Å². The number of hydrogen-bond acceptors (Lipinski definition) is 2. The predicted octanol–water partition coefficient (Wildman–Crippen LogP) is 3.12. The van der Waals surface area contributed by atoms with Crippen LogP contribution in [-0.2, 0) is 17.8 Å². The lowest BCUT2D eigenvalue weighted by Gasteiger charge is -2.06. The van der Waals surface area contributed by atoms with Crippen LogP contribution in [0.15, 0.2) is 42.6 Å². The summed E-state index contributed by atoms with van der Waals surface area (Å²) in [5.74, 6) is -0.534. The van der Waals surface area contributed by atoms with Gasteiger partial charge in [0.2, 0.25) is 5.91 Å². The van der Waals surface area contributed by atoms with Gasteiger partial charge in [-0.3, -0.25) is 9.78 Å². The molecule has 2 rings (SSSR count). The van der Waals surface area contributed by atoms with Crippen LogP contribution >= 0.6 is 11.6 Å². The maximum atomic E-state index is 13.0. The number of amides is 1. The molecule has 2 aromatic rings. The highest BCUT2D eigenvalue weighted by Crippen LogP contribution is 2.15. The summed E-state index contributed by atoms with van der Waals surface area (Å²) in [6, 6.07) is 10.0. The third-order valence-electron chi connectivity index (χ3n) is 2.81. The monoisotopic (exact) mass is 292 g/mol. The number of aryl methyl sites for hydroxylation is 1. The number of carbonyl (C=O) groups excluding carboxylic acids is 1. The van der Waals surface area contributed by atoms with E-state index in [4.69, 9.17) is 11.6 Å². The van der Waals surface area contributed by atoms with Gasteiger partial charge in [0.1, 0.15) is 5.82 Å². The van der Waals surface area contributed by atoms with Gasteiger partial charge < -0.3 is 5.32 Å². The van der Waals surface area contributed by atoms with Crippen molar-refractivity contribution in [1.82, 2.24) is 10.3 Å². The zero-order chi connectivity index (χ0) is 14.4. The van der Waals surface area contributed by atoms with Crippen LogP contribution < -0.4 is 5.32 Å². The number of nitrogens with one attached hydrogen (secondary N) is 1. The first-order valence-electron chi connectivity index (χ1n) is 6.25. The maximum Gasteiger partial charge on any atom is 0.220 e. The third kappa shape index (κ3) is 4.31. The molecule has 5 heteroatoms. The summed E-state index contributed by atoms with van der Waals surface area (Å²) in [6.45, 7) is 0.334. The maximum absolute atomic E-state index is 13.0. The van der Waals surface area contributed by atoms with Crippen molar-refractivity contribution in [3.05, 3.63) is 64.7 Å². The summed E-state index contributed by atoms with van der Waals surface area (Å²) >= 11 is 5.67. The van der Waals surface area contributed by atoms with E-state index in [0.717, 1.165) is 11.3 Å². The summed E-state index contributed by atoms with van der Waals surface area (Å²) in [5, 5.41) is 2.83. The molecule has 0 unspecified atom stereocenters. The lowest BCUT2D eigenvalue weighted by atomic mass is 10.2. The molecule has 1 amide bonds. The second-order valence-corrected chi connectivity index (χ2v) is 4.75. The lowest BCUT2D eigenvalue weighted by Crippen LogP contribution is -2.23. The van der Waals surface area contributed by atoms with Gasteiger partial charge in [-0.1, -0.05) is 23.7 Å². The molecule has 0 radical (unpaired) electrons. The molecule has 1 aromatic carbocycles. The van der Waals surface area contributed by atoms with Gasteiger partial charge >= 0.3 is 0 Å². The molecular weight excluding hydrogens is 279 g/mol. The van der Waals surface area contributed by atoms with Crippen molar-refractivity contribution in [2.75, 3.05) is 0 Å². The quantitative estimate of drug-likeness (QED) is 0.920. The van der Waals surface area contributed by atoms with E-state index in [9.17, 15) is 9.18 Å². The van der Waals surface area contributed by atoms with E-state index in [0.29, 0.717) is 19.4 Å². The van der Waals surface area contributed by atoms with Crippen LogP contribution in [-0.4, -0.2) is 10.9 Å². The van der Waals surface area contributed by atoms with Gasteiger partial charge in [-0.05, 0) is 36.2 Å². The minimum absolute atomic E-state index is 0.0604. The van der Waals surface area contributed by atoms with E-state index < -0.39 is 5.82 Å². The van der Waals surface area contributed by atoms with Crippen LogP contribution in [0.3, 0.4) is 0 Å². The zero-order valence-electron chi connectivity index (χ0n) is 10.8. The number of nitrogens with zero attached hydrogens (tertiary/aromatic N) is 1. The normalized spacial score (nSPS) is 10.3. The fourth-order valence-corrected chi connectivity index (χ4v) is 1.93. The van der Waals surface area contributed by atoms with Crippen molar-refractivity contribution < 1.29 is 9.18 Å². The number of aromatic nitrogens is 1. The van der Waals surface area contributed by atoms with Crippen molar-refractivity contribution >= 4 is 17.5 Å². The van der Waals surface area contributed by atoms with E-state index in [-0.39, 0.29) is 10.9 Å². The smallest absolute Gasteiger partial charge is 0.220 e. The molecule has 0 atom stereocenters. The molecule has 0 fully saturated rings. The van der Waals surface area contributed by atoms with Gasteiger partial charge in [-0.25, -0.2) is 4.39 Å². The molecule has 0 bridgehead atoms. The van der Waals surface area contributed by atoms with Gasteiger partial charge in [0.25, 0.3) is 0 Å². The van der Waals surface area contributed by atoms with Crippen LogP contribution in [0.2, 0.25) is 5.02 Å². The summed E-state index contributed by atoms with van der Waals surface area (Å²) in [5.41, 5.74) is 1.65. The zero-order valence-corrected chi connectivity index (χ0v) is 11.5. The van der Waals surface area contributed by atoms with Gasteiger partial charge in [0.05, 0.1) is 5.02 Å². The fraction of sp³-hybridized carbons (Fsp3) is 0.200. The minimum Gasteiger partial charge on any atom is -0.352 e. The van der Waals surface area contributed by atoms with Gasteiger partial charge in [-0.2, -0.15) is 0 Å². The fourth-order valence-electron chi connectivity index (χ4n) is 1.73. The Bertz CT molecular complexity index is 590. The van der Waals surface area contributed by atoms with Crippen molar-refractivity contribution in [3.8, 4) is 0 Å². The van der Waals surface area contributed by atoms with Crippen LogP contribution in [0, 0.1) is 5.82 Å². The van der Waals surface area contributed by atoms with E-state index in [1.165, 1.54) is 12.1 Å². The first kappa shape index (κ1) is 14.5. The van der Waals surface area contributed by atoms with Crippen LogP contribution in [0.4, 0.5) is 4.39 Å². The van der Waals surface area contributed by atoms with Crippen LogP contribution in [0.5, 0.6) is 0 Å². The van der Waals surface area contributed by atoms with E-state index in [2.05, 4.69) is 10.3 Å². The van der Waals surface area contributed by atoms with Gasteiger partial charge in [0, 0.05) is 24.9 Å². The summed E-state index contributed by atoms with van der Waals surface area (Å²) < 4.78 is 13.0. The number of carbonyl (C=O) groups is 1. The molecule has 0 aliphatic heterocycles. The first-order valence-corrected chi connectivity index (χ1v) is 6.63. The number of hydrogen-bond donors (Lipinski definition) is 1. The Morgan fingerprint density at radius 3 is 2.85 bits per heavy atom. The molecule has 1 heterocycles. The van der Waals surface area contributed by atoms with Crippen molar-refractivity contribution in [3.63, 3.8) is 0 Å². The molecule has 0 aliphatic carbocycles. The number of benzene rings is 1. The molecule has 104 valence electrons. The Hall–Kier alpha value is -1.94. The summed E-state index contributed by atoms with van der Waals surface area (Å²) in [6.07, 6.45) is 2.66. The largest absolute Gasteiger partial charge is 0.352 e. The molecule has 1 N–H and O–H groups in total. The molecule has 0 saturated carbocycles. The minimum atomic E-state index is -0.461. The van der Waals surface area contributed by atoms with Crippen molar-refractivity contribution in [2.24, 2.45) is 0 Å². The SMILES string of the molecule is O=C(CCc1ccccn1)NCc1ccc(F)c(Cl)c1. The van der Waals surface area contributed by atoms with Crippen molar-refractivity contribution in [1.29, 1.82) is 0 Å². The summed E-state index contributed by atoms with van der Waals surface area (Å²) in [4.78, 5) is 15.8. The predicted molar refractivity (Wildman–Crippen MR) is 75.8 cm³/mol. The number of rotatable bonds is 5. The average Bonchev–Trinajstić information content (AvgIpc) is 2.47. The molecule has 1 aromatic heterocycles. The highest BCUT2D eigenvalue weighted by atomic mass is 35.5. The molecule has 0 aliphatic rings. The van der Waals surface area contributed by atoms with Crippen LogP contribution in [0.1, 0.15) is 17.7 Å². The van der Waals surface area contributed by atoms with Crippen LogP contribution in [0.25, 0.3) is 0 Å². The lowest BCUT2D eigenvalue weighted by molar-refractivity contribution is -0.121. The number of pyridine rings is 1. The second kappa shape index (κ2) is 7.01. The Balaban J connectivity index is 1.79. The molecular formula is C15H14ClFN2O. The topological polar surface area (TPSA) is 42.0 Å². The number of halogens is 2. The van der Waals surface area contributed by atoms with Gasteiger partial charge in [0.15, 0.2) is 0 Å². The Kier molecular flexibility index (Phi) is 5.07. The molecule has 3 nitrogen and oxygen atoms in total. The van der Waals surface area contributed by atoms with E-state index >= 15 is 0 Å². The Labute approximate surface area is 121 Å². The second-order valence-electron chi connectivity index (χ2n) is 4.35. The first-order chi connectivity index (χ1) is 9.65. The Morgan fingerprint density at radius 2 is 2.15 bits per heavy atom. The summed E-state index contributed by atoms with van der Waals surface area (Å²) in [7, 11) is 0. The molecule has 20 heavy (non-hydrogen) atoms. The molecule has 0 spiro atoms. The standard InChI is InChI=1S/C15H14ClFN2O/c16-13-9-11(4-6-14(13)17)10-19-15(20)7-5-12-3-1-2-8-18-12/h1-4,6,8-9H,5,7,10H2,(H,19,20). The third-order valence-corrected chi connectivity index (χ3v) is 3.10. The highest BCUT2D eigenvalue weighted by molar-refractivity contribution is 6.30. The molecule has 0 saturated heterocycles. The Morgan fingerprint density at radius 1 is 1.30 bits per heavy atom.